The molecule has 0 aromatic heterocycles. The summed E-state index contributed by atoms with van der Waals surface area (Å²) in [5, 5.41) is 8.82. The Balaban J connectivity index is 3.68. The van der Waals surface area contributed by atoms with Crippen LogP contribution in [-0.2, 0) is 33.2 Å². The van der Waals surface area contributed by atoms with Crippen molar-refractivity contribution < 1.29 is 38.3 Å². The number of rotatable bonds is 27. The number of aliphatic hydroxyl groups is 1. The molecule has 9 nitrogen and oxygen atoms in total. The van der Waals surface area contributed by atoms with Gasteiger partial charge in [0.15, 0.2) is 0 Å². The van der Waals surface area contributed by atoms with E-state index >= 15 is 0 Å². The smallest absolute Gasteiger partial charge is 0.0701 e. The van der Waals surface area contributed by atoms with E-state index < -0.39 is 0 Å². The summed E-state index contributed by atoms with van der Waals surface area (Å²) in [5.41, 5.74) is 0. The van der Waals surface area contributed by atoms with E-state index in [0.29, 0.717) is 79.3 Å². The van der Waals surface area contributed by atoms with Gasteiger partial charge in [0.2, 0.25) is 0 Å². The Labute approximate surface area is 189 Å². The third-order valence-corrected chi connectivity index (χ3v) is 4.08. The van der Waals surface area contributed by atoms with Gasteiger partial charge in [-0.15, -0.1) is 0 Å². The first-order chi connectivity index (χ1) is 15.3. The fourth-order valence-corrected chi connectivity index (χ4v) is 2.46. The average molecular weight is 454 g/mol. The van der Waals surface area contributed by atoms with Crippen LogP contribution in [-0.4, -0.2) is 129 Å². The van der Waals surface area contributed by atoms with Crippen molar-refractivity contribution in [3.8, 4) is 0 Å². The lowest BCUT2D eigenvalue weighted by atomic mass is 10.4. The summed E-state index contributed by atoms with van der Waals surface area (Å²) >= 11 is 0. The molecule has 1 N–H and O–H groups in total. The van der Waals surface area contributed by atoms with Crippen molar-refractivity contribution in [2.75, 3.05) is 119 Å². The number of hydrogen-bond donors (Lipinski definition) is 1. The van der Waals surface area contributed by atoms with Gasteiger partial charge in [0, 0.05) is 32.8 Å². The van der Waals surface area contributed by atoms with Crippen LogP contribution < -0.4 is 0 Å². The molecule has 9 heteroatoms. The molecule has 0 aliphatic rings. The highest BCUT2D eigenvalue weighted by atomic mass is 16.5. The van der Waals surface area contributed by atoms with Crippen LogP contribution in [0, 0.1) is 0 Å². The molecule has 0 spiro atoms. The molecule has 31 heavy (non-hydrogen) atoms. The zero-order valence-corrected chi connectivity index (χ0v) is 19.9. The molecule has 0 radical (unpaired) electrons. The van der Waals surface area contributed by atoms with Crippen molar-refractivity contribution in [1.29, 1.82) is 0 Å². The van der Waals surface area contributed by atoms with Crippen LogP contribution in [0.3, 0.4) is 0 Å². The Morgan fingerprint density at radius 3 is 1.03 bits per heavy atom. The van der Waals surface area contributed by atoms with Crippen molar-refractivity contribution in [2.45, 2.75) is 26.7 Å². The lowest BCUT2D eigenvalue weighted by Crippen LogP contribution is -2.34. The highest BCUT2D eigenvalue weighted by Crippen LogP contribution is 1.92. The lowest BCUT2D eigenvalue weighted by Gasteiger charge is -2.22. The Morgan fingerprint density at radius 2 is 0.710 bits per heavy atom. The van der Waals surface area contributed by atoms with Crippen LogP contribution in [0.1, 0.15) is 26.7 Å². The second-order valence-electron chi connectivity index (χ2n) is 6.85. The van der Waals surface area contributed by atoms with Crippen molar-refractivity contribution >= 4 is 0 Å². The fraction of sp³-hybridized carbons (Fsp3) is 1.00. The van der Waals surface area contributed by atoms with Gasteiger partial charge in [-0.2, -0.15) is 0 Å². The highest BCUT2D eigenvalue weighted by molar-refractivity contribution is 4.57. The Hall–Kier alpha value is -0.360. The molecule has 0 aliphatic carbocycles. The molecule has 0 bridgehead atoms. The van der Waals surface area contributed by atoms with Crippen LogP contribution in [0.5, 0.6) is 0 Å². The predicted molar refractivity (Wildman–Crippen MR) is 120 cm³/mol. The molecule has 188 valence electrons. The van der Waals surface area contributed by atoms with Crippen LogP contribution in [0.25, 0.3) is 0 Å². The molecule has 0 heterocycles. The predicted octanol–water partition coefficient (Wildman–Crippen LogP) is 1.22. The van der Waals surface area contributed by atoms with E-state index in [1.54, 1.807) is 0 Å². The van der Waals surface area contributed by atoms with E-state index in [9.17, 15) is 0 Å². The topological polar surface area (TPSA) is 88.1 Å². The second-order valence-corrected chi connectivity index (χ2v) is 6.85. The van der Waals surface area contributed by atoms with Crippen LogP contribution in [0.4, 0.5) is 0 Å². The molecule has 0 unspecified atom stereocenters. The first-order valence-corrected chi connectivity index (χ1v) is 11.7. The summed E-state index contributed by atoms with van der Waals surface area (Å²) in [5.74, 6) is 0. The molecule has 0 aliphatic heterocycles. The van der Waals surface area contributed by atoms with Gasteiger partial charge >= 0.3 is 0 Å². The number of nitrogens with zero attached hydrogens (tertiary/aromatic N) is 1. The van der Waals surface area contributed by atoms with Crippen molar-refractivity contribution in [1.82, 2.24) is 4.90 Å². The van der Waals surface area contributed by atoms with E-state index in [1.165, 1.54) is 0 Å². The van der Waals surface area contributed by atoms with Crippen molar-refractivity contribution in [3.63, 3.8) is 0 Å². The zero-order chi connectivity index (χ0) is 22.7. The standard InChI is InChI=1S/C22H47NO8/c1-3-9-25-15-19-30-21-17-28-12-6-23(5-11-27-14-8-24)7-13-29-18-22-31-20-16-26-10-4-2/h24H,3-22H2,1-2H3. The zero-order valence-electron chi connectivity index (χ0n) is 19.9. The molecule has 0 amide bonds. The van der Waals surface area contributed by atoms with Gasteiger partial charge in [0.05, 0.1) is 85.9 Å². The summed E-state index contributed by atoms with van der Waals surface area (Å²) in [7, 11) is 0. The summed E-state index contributed by atoms with van der Waals surface area (Å²) in [6.45, 7) is 15.0. The van der Waals surface area contributed by atoms with Crippen molar-refractivity contribution in [2.24, 2.45) is 0 Å². The molecule has 0 aromatic rings. The third kappa shape index (κ3) is 25.8. The summed E-state index contributed by atoms with van der Waals surface area (Å²) in [6, 6.07) is 0. The van der Waals surface area contributed by atoms with Crippen LogP contribution >= 0.6 is 0 Å². The Kier molecular flexibility index (Phi) is 27.4. The molecule has 0 saturated heterocycles. The molecule has 0 aromatic carbocycles. The van der Waals surface area contributed by atoms with E-state index in [4.69, 9.17) is 38.3 Å². The number of aliphatic hydroxyl groups excluding tert-OH is 1. The number of ether oxygens (including phenoxy) is 7. The first kappa shape index (κ1) is 30.6. The summed E-state index contributed by atoms with van der Waals surface area (Å²) < 4.78 is 38.4. The maximum Gasteiger partial charge on any atom is 0.0701 e. The van der Waals surface area contributed by atoms with Gasteiger partial charge in [-0.25, -0.2) is 0 Å². The van der Waals surface area contributed by atoms with Crippen LogP contribution in [0.15, 0.2) is 0 Å². The van der Waals surface area contributed by atoms with Gasteiger partial charge < -0.3 is 38.3 Å². The lowest BCUT2D eigenvalue weighted by molar-refractivity contribution is -0.00120. The molecule has 0 rings (SSSR count). The normalized spacial score (nSPS) is 11.6. The van der Waals surface area contributed by atoms with Gasteiger partial charge in [-0.1, -0.05) is 13.8 Å². The quantitative estimate of drug-likeness (QED) is 0.184. The maximum atomic E-state index is 8.82. The van der Waals surface area contributed by atoms with Crippen molar-refractivity contribution in [3.05, 3.63) is 0 Å². The maximum absolute atomic E-state index is 8.82. The fourth-order valence-electron chi connectivity index (χ4n) is 2.46. The minimum atomic E-state index is 0.0409. The van der Waals surface area contributed by atoms with Crippen LogP contribution in [0.2, 0.25) is 0 Å². The molecule has 0 atom stereocenters. The highest BCUT2D eigenvalue weighted by Gasteiger charge is 2.05. The van der Waals surface area contributed by atoms with E-state index in [-0.39, 0.29) is 6.61 Å². The first-order valence-electron chi connectivity index (χ1n) is 11.7. The largest absolute Gasteiger partial charge is 0.394 e. The summed E-state index contributed by atoms with van der Waals surface area (Å²) in [6.07, 6.45) is 2.05. The van der Waals surface area contributed by atoms with E-state index in [1.807, 2.05) is 0 Å². The molecule has 0 fully saturated rings. The molecular weight excluding hydrogens is 406 g/mol. The van der Waals surface area contributed by atoms with Gasteiger partial charge in [-0.05, 0) is 12.8 Å². The Morgan fingerprint density at radius 1 is 0.419 bits per heavy atom. The van der Waals surface area contributed by atoms with E-state index in [2.05, 4.69) is 18.7 Å². The van der Waals surface area contributed by atoms with Gasteiger partial charge in [0.25, 0.3) is 0 Å². The van der Waals surface area contributed by atoms with E-state index in [0.717, 1.165) is 45.7 Å². The number of hydrogen-bond acceptors (Lipinski definition) is 9. The third-order valence-electron chi connectivity index (χ3n) is 4.08. The minimum Gasteiger partial charge on any atom is -0.394 e. The minimum absolute atomic E-state index is 0.0409. The monoisotopic (exact) mass is 453 g/mol. The van der Waals surface area contributed by atoms with Gasteiger partial charge in [0.1, 0.15) is 0 Å². The summed E-state index contributed by atoms with van der Waals surface area (Å²) in [4.78, 5) is 2.23. The second kappa shape index (κ2) is 27.7. The molecular formula is C22H47NO8. The molecule has 0 saturated carbocycles. The van der Waals surface area contributed by atoms with Gasteiger partial charge in [-0.3, -0.25) is 4.90 Å². The SMILES string of the molecule is CCCOCCOCCOCCN(CCOCCO)CCOCCOCCOCCC. The average Bonchev–Trinajstić information content (AvgIpc) is 2.78. The Bertz CT molecular complexity index is 302.